The van der Waals surface area contributed by atoms with Crippen molar-refractivity contribution in [2.24, 2.45) is 0 Å². The topological polar surface area (TPSA) is 84.5 Å². The van der Waals surface area contributed by atoms with E-state index in [1.54, 1.807) is 6.92 Å². The predicted octanol–water partition coefficient (Wildman–Crippen LogP) is 1.89. The molecule has 0 unspecified atom stereocenters. The first-order valence-corrected chi connectivity index (χ1v) is 7.54. The maximum atomic E-state index is 12.4. The quantitative estimate of drug-likeness (QED) is 0.728. The number of esters is 1. The average molecular weight is 360 g/mol. The molecule has 1 rings (SSSR count). The number of amides is 2. The van der Waals surface area contributed by atoms with Gasteiger partial charge in [-0.2, -0.15) is 13.2 Å². The molecule has 25 heavy (non-hydrogen) atoms. The molecule has 0 aromatic heterocycles. The second-order valence-corrected chi connectivity index (χ2v) is 5.30. The molecule has 0 saturated heterocycles. The molecule has 1 aromatic carbocycles. The van der Waals surface area contributed by atoms with Gasteiger partial charge in [0.25, 0.3) is 11.8 Å². The van der Waals surface area contributed by atoms with E-state index in [-0.39, 0.29) is 11.6 Å². The fourth-order valence-electron chi connectivity index (χ4n) is 1.68. The highest BCUT2D eigenvalue weighted by Crippen LogP contribution is 2.28. The predicted molar refractivity (Wildman–Crippen MR) is 82.6 cm³/mol. The lowest BCUT2D eigenvalue weighted by atomic mass is 10.1. The Morgan fingerprint density at radius 1 is 1.16 bits per heavy atom. The Bertz CT molecular complexity index is 615. The van der Waals surface area contributed by atoms with Crippen molar-refractivity contribution in [2.45, 2.75) is 32.5 Å². The third-order valence-electron chi connectivity index (χ3n) is 3.25. The van der Waals surface area contributed by atoms with Crippen LogP contribution in [-0.4, -0.2) is 37.0 Å². The van der Waals surface area contributed by atoms with Gasteiger partial charge in [-0.3, -0.25) is 14.4 Å². The van der Waals surface area contributed by atoms with Crippen LogP contribution in [0.5, 0.6) is 0 Å². The number of rotatable bonds is 7. The minimum absolute atomic E-state index is 0.0321. The Labute approximate surface area is 142 Å². The molecule has 0 radical (unpaired) electrons. The lowest BCUT2D eigenvalue weighted by Crippen LogP contribution is -2.37. The molecule has 0 saturated carbocycles. The third-order valence-corrected chi connectivity index (χ3v) is 3.25. The highest BCUT2D eigenvalue weighted by molar-refractivity contribution is 5.96. The van der Waals surface area contributed by atoms with Crippen LogP contribution >= 0.6 is 0 Å². The van der Waals surface area contributed by atoms with E-state index in [2.05, 4.69) is 15.4 Å². The van der Waals surface area contributed by atoms with Crippen molar-refractivity contribution in [2.75, 3.05) is 13.2 Å². The number of ether oxygens (including phenoxy) is 1. The molecule has 0 spiro atoms. The Hall–Kier alpha value is -2.58. The van der Waals surface area contributed by atoms with E-state index in [1.165, 1.54) is 0 Å². The molecule has 0 fully saturated rings. The molecule has 0 heterocycles. The summed E-state index contributed by atoms with van der Waals surface area (Å²) in [5.41, 5.74) is -0.911. The molecule has 0 aliphatic heterocycles. The van der Waals surface area contributed by atoms with E-state index < -0.39 is 42.7 Å². The second-order valence-electron chi connectivity index (χ2n) is 5.30. The normalized spacial score (nSPS) is 12.2. The molecule has 9 heteroatoms. The fourth-order valence-corrected chi connectivity index (χ4v) is 1.68. The molecule has 0 aliphatic rings. The maximum Gasteiger partial charge on any atom is 0.416 e. The summed E-state index contributed by atoms with van der Waals surface area (Å²) in [7, 11) is 0. The summed E-state index contributed by atoms with van der Waals surface area (Å²) in [5.74, 6) is -2.02. The number of nitrogens with one attached hydrogen (secondary N) is 2. The van der Waals surface area contributed by atoms with Crippen LogP contribution in [0.25, 0.3) is 0 Å². The highest BCUT2D eigenvalue weighted by Gasteiger charge is 2.30. The summed E-state index contributed by atoms with van der Waals surface area (Å²) in [4.78, 5) is 34.6. The number of hydrogen-bond donors (Lipinski definition) is 2. The Morgan fingerprint density at radius 2 is 1.76 bits per heavy atom. The van der Waals surface area contributed by atoms with E-state index >= 15 is 0 Å². The van der Waals surface area contributed by atoms with Gasteiger partial charge < -0.3 is 15.4 Å². The lowest BCUT2D eigenvalue weighted by molar-refractivity contribution is -0.147. The average Bonchev–Trinajstić information content (AvgIpc) is 2.57. The first-order chi connectivity index (χ1) is 11.6. The highest BCUT2D eigenvalue weighted by atomic mass is 19.4. The Balaban J connectivity index is 2.40. The van der Waals surface area contributed by atoms with Gasteiger partial charge in [0.05, 0.1) is 5.56 Å². The molecular formula is C16H19F3N2O4. The van der Waals surface area contributed by atoms with Crippen molar-refractivity contribution in [3.63, 3.8) is 0 Å². The van der Waals surface area contributed by atoms with Crippen LogP contribution in [0.15, 0.2) is 24.3 Å². The van der Waals surface area contributed by atoms with Gasteiger partial charge in [-0.15, -0.1) is 0 Å². The van der Waals surface area contributed by atoms with Gasteiger partial charge in [-0.1, -0.05) is 6.92 Å². The third kappa shape index (κ3) is 7.23. The molecule has 0 aliphatic carbocycles. The van der Waals surface area contributed by atoms with Gasteiger partial charge in [0.15, 0.2) is 6.61 Å². The van der Waals surface area contributed by atoms with E-state index in [0.717, 1.165) is 30.7 Å². The van der Waals surface area contributed by atoms with Crippen LogP contribution in [0.1, 0.15) is 36.2 Å². The van der Waals surface area contributed by atoms with Crippen molar-refractivity contribution >= 4 is 17.8 Å². The zero-order chi connectivity index (χ0) is 19.0. The van der Waals surface area contributed by atoms with Crippen LogP contribution in [0.4, 0.5) is 13.2 Å². The lowest BCUT2D eigenvalue weighted by Gasteiger charge is -2.11. The van der Waals surface area contributed by atoms with Crippen molar-refractivity contribution < 1.29 is 32.3 Å². The second kappa shape index (κ2) is 9.05. The SMILES string of the molecule is CC[C@H](C)NC(=O)COC(=O)CNC(=O)c1ccc(C(F)(F)F)cc1. The smallest absolute Gasteiger partial charge is 0.416 e. The molecule has 0 bridgehead atoms. The van der Waals surface area contributed by atoms with Crippen LogP contribution < -0.4 is 10.6 Å². The fraction of sp³-hybridized carbons (Fsp3) is 0.438. The number of alkyl halides is 3. The van der Waals surface area contributed by atoms with Crippen molar-refractivity contribution in [3.8, 4) is 0 Å². The van der Waals surface area contributed by atoms with E-state index in [4.69, 9.17) is 0 Å². The monoisotopic (exact) mass is 360 g/mol. The van der Waals surface area contributed by atoms with Gasteiger partial charge in [0.1, 0.15) is 6.54 Å². The summed E-state index contributed by atoms with van der Waals surface area (Å²) in [6, 6.07) is 3.50. The van der Waals surface area contributed by atoms with Crippen molar-refractivity contribution in [3.05, 3.63) is 35.4 Å². The van der Waals surface area contributed by atoms with Crippen LogP contribution in [0.2, 0.25) is 0 Å². The van der Waals surface area contributed by atoms with E-state index in [0.29, 0.717) is 0 Å². The molecule has 138 valence electrons. The minimum Gasteiger partial charge on any atom is -0.454 e. The first kappa shape index (κ1) is 20.5. The number of carbonyl (C=O) groups excluding carboxylic acids is 3. The van der Waals surface area contributed by atoms with Crippen molar-refractivity contribution in [1.82, 2.24) is 10.6 Å². The Morgan fingerprint density at radius 3 is 2.28 bits per heavy atom. The number of benzene rings is 1. The summed E-state index contributed by atoms with van der Waals surface area (Å²) < 4.78 is 42.0. The van der Waals surface area contributed by atoms with Crippen LogP contribution in [-0.2, 0) is 20.5 Å². The minimum atomic E-state index is -4.49. The maximum absolute atomic E-state index is 12.4. The van der Waals surface area contributed by atoms with Gasteiger partial charge in [0.2, 0.25) is 0 Å². The van der Waals surface area contributed by atoms with Gasteiger partial charge in [-0.25, -0.2) is 0 Å². The van der Waals surface area contributed by atoms with E-state index in [1.807, 2.05) is 6.92 Å². The number of carbonyl (C=O) groups is 3. The number of hydrogen-bond acceptors (Lipinski definition) is 4. The number of halogens is 3. The summed E-state index contributed by atoms with van der Waals surface area (Å²) in [5, 5.41) is 4.80. The first-order valence-electron chi connectivity index (χ1n) is 7.54. The summed E-state index contributed by atoms with van der Waals surface area (Å²) in [6.07, 6.45) is -3.77. The zero-order valence-electron chi connectivity index (χ0n) is 13.8. The zero-order valence-corrected chi connectivity index (χ0v) is 13.8. The molecule has 1 aromatic rings. The van der Waals surface area contributed by atoms with Crippen LogP contribution in [0, 0.1) is 0 Å². The molecule has 1 atom stereocenters. The molecule has 2 N–H and O–H groups in total. The summed E-state index contributed by atoms with van der Waals surface area (Å²) in [6.45, 7) is 2.70. The van der Waals surface area contributed by atoms with Gasteiger partial charge >= 0.3 is 12.1 Å². The molecular weight excluding hydrogens is 341 g/mol. The Kier molecular flexibility index (Phi) is 7.41. The van der Waals surface area contributed by atoms with Gasteiger partial charge in [-0.05, 0) is 37.6 Å². The molecule has 2 amide bonds. The van der Waals surface area contributed by atoms with Crippen molar-refractivity contribution in [1.29, 1.82) is 0 Å². The standard InChI is InChI=1S/C16H19F3N2O4/c1-3-10(2)21-13(22)9-25-14(23)8-20-15(24)11-4-6-12(7-5-11)16(17,18)19/h4-7,10H,3,8-9H2,1-2H3,(H,20,24)(H,21,22)/t10-/m0/s1. The van der Waals surface area contributed by atoms with Crippen LogP contribution in [0.3, 0.4) is 0 Å². The summed E-state index contributed by atoms with van der Waals surface area (Å²) >= 11 is 0. The van der Waals surface area contributed by atoms with E-state index in [9.17, 15) is 27.6 Å². The molecule has 6 nitrogen and oxygen atoms in total. The largest absolute Gasteiger partial charge is 0.454 e. The van der Waals surface area contributed by atoms with Gasteiger partial charge in [0, 0.05) is 11.6 Å².